The Kier molecular flexibility index (Phi) is 5.24. The highest BCUT2D eigenvalue weighted by Crippen LogP contribution is 2.18. The molecule has 0 aliphatic heterocycles. The van der Waals surface area contributed by atoms with Crippen LogP contribution in [0.4, 0.5) is 4.39 Å². The molecule has 1 aromatic carbocycles. The monoisotopic (exact) mass is 250 g/mol. The molecule has 96 valence electrons. The van der Waals surface area contributed by atoms with Gasteiger partial charge in [-0.2, -0.15) is 0 Å². The van der Waals surface area contributed by atoms with Crippen LogP contribution in [0.2, 0.25) is 0 Å². The first-order chi connectivity index (χ1) is 8.60. The topological polar surface area (TPSA) is 43.4 Å². The zero-order chi connectivity index (χ0) is 13.5. The minimum atomic E-state index is -0.564. The molecule has 0 spiro atoms. The maximum atomic E-state index is 13.4. The summed E-state index contributed by atoms with van der Waals surface area (Å²) in [5, 5.41) is 0. The van der Waals surface area contributed by atoms with E-state index in [0.717, 1.165) is 5.56 Å². The molecule has 18 heavy (non-hydrogen) atoms. The molecule has 0 aromatic heterocycles. The van der Waals surface area contributed by atoms with E-state index in [1.54, 1.807) is 32.1 Å². The zero-order valence-corrected chi connectivity index (χ0v) is 10.4. The summed E-state index contributed by atoms with van der Waals surface area (Å²) in [7, 11) is 0. The molecule has 0 saturated heterocycles. The van der Waals surface area contributed by atoms with Crippen LogP contribution >= 0.6 is 0 Å². The minimum Gasteiger partial charge on any atom is -0.466 e. The molecule has 0 unspecified atom stereocenters. The number of aryl methyl sites for hydroxylation is 1. The van der Waals surface area contributed by atoms with Crippen molar-refractivity contribution in [3.8, 4) is 0 Å². The fourth-order valence-corrected chi connectivity index (χ4v) is 1.55. The van der Waals surface area contributed by atoms with Crippen molar-refractivity contribution in [3.05, 3.63) is 40.7 Å². The van der Waals surface area contributed by atoms with Gasteiger partial charge < -0.3 is 4.74 Å². The number of hydrogen-bond acceptors (Lipinski definition) is 3. The van der Waals surface area contributed by atoms with E-state index in [-0.39, 0.29) is 18.0 Å². The van der Waals surface area contributed by atoms with E-state index in [9.17, 15) is 14.0 Å². The van der Waals surface area contributed by atoms with Crippen molar-refractivity contribution in [3.63, 3.8) is 0 Å². The van der Waals surface area contributed by atoms with Gasteiger partial charge in [0.25, 0.3) is 0 Å². The third kappa shape index (κ3) is 3.52. The molecule has 0 aliphatic rings. The van der Waals surface area contributed by atoms with Gasteiger partial charge in [0.2, 0.25) is 0 Å². The highest BCUT2D eigenvalue weighted by molar-refractivity contribution is 5.84. The molecular weight excluding hydrogens is 235 g/mol. The van der Waals surface area contributed by atoms with Crippen LogP contribution in [0.15, 0.2) is 18.2 Å². The summed E-state index contributed by atoms with van der Waals surface area (Å²) < 4.78 is 18.1. The second-order valence-corrected chi connectivity index (χ2v) is 3.72. The van der Waals surface area contributed by atoms with E-state index < -0.39 is 5.82 Å². The number of carbonyl (C=O) groups excluding carboxylic acids is 2. The molecule has 0 bridgehead atoms. The molecule has 1 aromatic rings. The van der Waals surface area contributed by atoms with Crippen LogP contribution in [0, 0.1) is 12.7 Å². The Morgan fingerprint density at radius 2 is 2.11 bits per heavy atom. The fourth-order valence-electron chi connectivity index (χ4n) is 1.55. The van der Waals surface area contributed by atoms with Gasteiger partial charge in [0.05, 0.1) is 18.6 Å². The van der Waals surface area contributed by atoms with E-state index in [1.165, 1.54) is 6.07 Å². The van der Waals surface area contributed by atoms with Crippen molar-refractivity contribution < 1.29 is 18.7 Å². The standard InChI is InChI=1S/C14H15FO3/c1-3-18-14(17)6-4-5-11-10(2)7-8-13(15)12(11)9-16/h4-5,7-9H,3,6H2,1-2H3. The molecule has 4 heteroatoms. The van der Waals surface area contributed by atoms with Gasteiger partial charge in [0, 0.05) is 0 Å². The summed E-state index contributed by atoms with van der Waals surface area (Å²) in [6, 6.07) is 2.84. The predicted octanol–water partition coefficient (Wildman–Crippen LogP) is 2.91. The van der Waals surface area contributed by atoms with Crippen molar-refractivity contribution in [1.29, 1.82) is 0 Å². The van der Waals surface area contributed by atoms with Gasteiger partial charge in [-0.1, -0.05) is 18.2 Å². The van der Waals surface area contributed by atoms with Gasteiger partial charge >= 0.3 is 5.97 Å². The van der Waals surface area contributed by atoms with Crippen molar-refractivity contribution in [2.45, 2.75) is 20.3 Å². The van der Waals surface area contributed by atoms with Crippen LogP contribution < -0.4 is 0 Å². The first kappa shape index (κ1) is 14.1. The number of carbonyl (C=O) groups is 2. The predicted molar refractivity (Wildman–Crippen MR) is 66.8 cm³/mol. The largest absolute Gasteiger partial charge is 0.466 e. The molecule has 0 atom stereocenters. The van der Waals surface area contributed by atoms with Crippen molar-refractivity contribution in [1.82, 2.24) is 0 Å². The maximum absolute atomic E-state index is 13.4. The first-order valence-corrected chi connectivity index (χ1v) is 5.66. The Hall–Kier alpha value is -1.97. The molecule has 3 nitrogen and oxygen atoms in total. The van der Waals surface area contributed by atoms with Gasteiger partial charge in [-0.05, 0) is 31.0 Å². The maximum Gasteiger partial charge on any atom is 0.309 e. The van der Waals surface area contributed by atoms with Gasteiger partial charge in [-0.15, -0.1) is 0 Å². The highest BCUT2D eigenvalue weighted by Gasteiger charge is 2.08. The lowest BCUT2D eigenvalue weighted by atomic mass is 10.0. The van der Waals surface area contributed by atoms with Crippen LogP contribution in [0.25, 0.3) is 6.08 Å². The Morgan fingerprint density at radius 3 is 2.72 bits per heavy atom. The van der Waals surface area contributed by atoms with Crippen LogP contribution in [0.1, 0.15) is 34.8 Å². The number of hydrogen-bond donors (Lipinski definition) is 0. The summed E-state index contributed by atoms with van der Waals surface area (Å²) in [5.41, 5.74) is 1.28. The van der Waals surface area contributed by atoms with Crippen LogP contribution in [-0.2, 0) is 9.53 Å². The van der Waals surface area contributed by atoms with Gasteiger partial charge in [-0.3, -0.25) is 9.59 Å². The summed E-state index contributed by atoms with van der Waals surface area (Å²) in [5.74, 6) is -0.915. The normalized spacial score (nSPS) is 10.6. The first-order valence-electron chi connectivity index (χ1n) is 5.66. The lowest BCUT2D eigenvalue weighted by molar-refractivity contribution is -0.142. The summed E-state index contributed by atoms with van der Waals surface area (Å²) in [6.45, 7) is 3.82. The van der Waals surface area contributed by atoms with Crippen LogP contribution in [-0.4, -0.2) is 18.9 Å². The van der Waals surface area contributed by atoms with E-state index in [1.807, 2.05) is 0 Å². The number of aldehydes is 1. The van der Waals surface area contributed by atoms with Crippen molar-refractivity contribution >= 4 is 18.3 Å². The number of halogens is 1. The Labute approximate surface area is 105 Å². The van der Waals surface area contributed by atoms with Crippen molar-refractivity contribution in [2.75, 3.05) is 6.61 Å². The number of benzene rings is 1. The van der Waals surface area contributed by atoms with E-state index in [0.29, 0.717) is 18.5 Å². The molecule has 0 N–H and O–H groups in total. The number of esters is 1. The molecule has 0 radical (unpaired) electrons. The smallest absolute Gasteiger partial charge is 0.309 e. The van der Waals surface area contributed by atoms with Gasteiger partial charge in [-0.25, -0.2) is 4.39 Å². The minimum absolute atomic E-state index is 0.00936. The Balaban J connectivity index is 2.90. The quantitative estimate of drug-likeness (QED) is 0.596. The third-order valence-electron chi connectivity index (χ3n) is 2.44. The highest BCUT2D eigenvalue weighted by atomic mass is 19.1. The molecule has 1 rings (SSSR count). The van der Waals surface area contributed by atoms with Gasteiger partial charge in [0.15, 0.2) is 6.29 Å². The molecule has 0 heterocycles. The van der Waals surface area contributed by atoms with Crippen LogP contribution in [0.3, 0.4) is 0 Å². The Bertz CT molecular complexity index is 478. The fraction of sp³-hybridized carbons (Fsp3) is 0.286. The zero-order valence-electron chi connectivity index (χ0n) is 10.4. The molecule has 0 amide bonds. The van der Waals surface area contributed by atoms with E-state index in [4.69, 9.17) is 4.74 Å². The molecule has 0 aliphatic carbocycles. The SMILES string of the molecule is CCOC(=O)CC=Cc1c(C)ccc(F)c1C=O. The second-order valence-electron chi connectivity index (χ2n) is 3.72. The number of ether oxygens (including phenoxy) is 1. The average Bonchev–Trinajstić information content (AvgIpc) is 2.34. The van der Waals surface area contributed by atoms with E-state index >= 15 is 0 Å². The molecular formula is C14H15FO3. The average molecular weight is 250 g/mol. The summed E-state index contributed by atoms with van der Waals surface area (Å²) in [6.07, 6.45) is 3.71. The summed E-state index contributed by atoms with van der Waals surface area (Å²) in [4.78, 5) is 22.0. The van der Waals surface area contributed by atoms with Crippen molar-refractivity contribution in [2.24, 2.45) is 0 Å². The van der Waals surface area contributed by atoms with Gasteiger partial charge in [0.1, 0.15) is 5.82 Å². The molecule has 0 fully saturated rings. The summed E-state index contributed by atoms with van der Waals surface area (Å²) >= 11 is 0. The molecule has 0 saturated carbocycles. The Morgan fingerprint density at radius 1 is 1.39 bits per heavy atom. The third-order valence-corrected chi connectivity index (χ3v) is 2.44. The lowest BCUT2D eigenvalue weighted by Crippen LogP contribution is -2.01. The van der Waals surface area contributed by atoms with E-state index in [2.05, 4.69) is 0 Å². The number of rotatable bonds is 5. The second kappa shape index (κ2) is 6.69. The lowest BCUT2D eigenvalue weighted by Gasteiger charge is -2.05. The van der Waals surface area contributed by atoms with Crippen LogP contribution in [0.5, 0.6) is 0 Å².